The van der Waals surface area contributed by atoms with Crippen LogP contribution in [0.25, 0.3) is 22.3 Å². The number of hydrogen-bond donors (Lipinski definition) is 0. The van der Waals surface area contributed by atoms with Crippen LogP contribution in [0.5, 0.6) is 0 Å². The largest absolute Gasteiger partial charge is 0.333 e. The van der Waals surface area contributed by atoms with E-state index in [0.717, 1.165) is 11.4 Å². The van der Waals surface area contributed by atoms with Crippen LogP contribution >= 0.6 is 0 Å². The number of nitrogens with zero attached hydrogens (tertiary/aromatic N) is 2. The smallest absolute Gasteiger partial charge is 0.0629 e. The van der Waals surface area contributed by atoms with Gasteiger partial charge in [-0.1, -0.05) is 129 Å². The standard InChI is InChI=1S/C45H36N2/c1-45(2)41-29-35(46(33-15-7-4-8-16-33)34-23-21-32(22-24-34)31-13-5-3-6-14-31)25-27-37(41)38-28-26-36(30-42(38)45)47-43-19-11-9-17-39(43)40-18-10-12-20-44(40)47/h3-30,39,43H,1-2H3. The second kappa shape index (κ2) is 10.7. The first-order valence-corrected chi connectivity index (χ1v) is 16.6. The van der Waals surface area contributed by atoms with Gasteiger partial charge in [-0.05, 0) is 93.5 Å². The van der Waals surface area contributed by atoms with E-state index in [1.54, 1.807) is 0 Å². The second-order valence-electron chi connectivity index (χ2n) is 13.4. The van der Waals surface area contributed by atoms with E-state index in [1.807, 2.05) is 0 Å². The fraction of sp³-hybridized carbons (Fsp3) is 0.111. The molecule has 2 aliphatic carbocycles. The van der Waals surface area contributed by atoms with E-state index in [4.69, 9.17) is 0 Å². The summed E-state index contributed by atoms with van der Waals surface area (Å²) in [5.74, 6) is 0.378. The van der Waals surface area contributed by atoms with Gasteiger partial charge in [0.05, 0.1) is 6.04 Å². The van der Waals surface area contributed by atoms with Crippen molar-refractivity contribution >= 4 is 28.4 Å². The molecule has 3 aliphatic rings. The average molecular weight is 605 g/mol. The summed E-state index contributed by atoms with van der Waals surface area (Å²) < 4.78 is 0. The summed E-state index contributed by atoms with van der Waals surface area (Å²) in [6.07, 6.45) is 9.10. The third-order valence-electron chi connectivity index (χ3n) is 10.4. The van der Waals surface area contributed by atoms with Gasteiger partial charge in [0.25, 0.3) is 0 Å². The van der Waals surface area contributed by atoms with Gasteiger partial charge in [-0.3, -0.25) is 0 Å². The Morgan fingerprint density at radius 3 is 1.91 bits per heavy atom. The van der Waals surface area contributed by atoms with Gasteiger partial charge in [0.1, 0.15) is 0 Å². The van der Waals surface area contributed by atoms with Crippen molar-refractivity contribution in [2.24, 2.45) is 0 Å². The van der Waals surface area contributed by atoms with Crippen LogP contribution in [0.15, 0.2) is 170 Å². The Bertz CT molecular complexity index is 2170. The summed E-state index contributed by atoms with van der Waals surface area (Å²) >= 11 is 0. The number of hydrogen-bond acceptors (Lipinski definition) is 2. The van der Waals surface area contributed by atoms with E-state index in [9.17, 15) is 0 Å². The molecule has 2 heteroatoms. The van der Waals surface area contributed by atoms with E-state index in [-0.39, 0.29) is 5.41 Å². The minimum atomic E-state index is -0.156. The SMILES string of the molecule is CC1(C)c2cc(N(c3ccccc3)c3ccc(-c4ccccc4)cc3)ccc2-c2ccc(N3c4ccccc4C4C=CC=CC43)cc21. The molecule has 0 amide bonds. The maximum atomic E-state index is 2.54. The van der Waals surface area contributed by atoms with Crippen molar-refractivity contribution in [3.63, 3.8) is 0 Å². The van der Waals surface area contributed by atoms with Crippen molar-refractivity contribution in [2.45, 2.75) is 31.2 Å². The Morgan fingerprint density at radius 1 is 0.532 bits per heavy atom. The predicted octanol–water partition coefficient (Wildman–Crippen LogP) is 11.9. The first-order chi connectivity index (χ1) is 23.1. The zero-order chi connectivity index (χ0) is 31.5. The molecule has 47 heavy (non-hydrogen) atoms. The van der Waals surface area contributed by atoms with Gasteiger partial charge in [0, 0.05) is 39.8 Å². The Balaban J connectivity index is 1.11. The molecule has 6 aromatic carbocycles. The Hall–Kier alpha value is -5.60. The summed E-state index contributed by atoms with van der Waals surface area (Å²) in [5, 5.41) is 0. The lowest BCUT2D eigenvalue weighted by molar-refractivity contribution is 0.659. The normalized spacial score (nSPS) is 18.0. The highest BCUT2D eigenvalue weighted by Crippen LogP contribution is 2.54. The molecule has 0 saturated heterocycles. The molecule has 2 atom stereocenters. The maximum absolute atomic E-state index is 2.54. The lowest BCUT2D eigenvalue weighted by Gasteiger charge is -2.30. The minimum absolute atomic E-state index is 0.156. The quantitative estimate of drug-likeness (QED) is 0.193. The molecule has 2 nitrogen and oxygen atoms in total. The number of rotatable bonds is 5. The summed E-state index contributed by atoms with van der Waals surface area (Å²) in [5.41, 5.74) is 15.1. The summed E-state index contributed by atoms with van der Waals surface area (Å²) in [7, 11) is 0. The van der Waals surface area contributed by atoms with Crippen molar-refractivity contribution in [2.75, 3.05) is 9.80 Å². The highest BCUT2D eigenvalue weighted by Gasteiger charge is 2.40. The molecular weight excluding hydrogens is 569 g/mol. The zero-order valence-corrected chi connectivity index (χ0v) is 26.7. The average Bonchev–Trinajstić information content (AvgIpc) is 3.58. The molecule has 0 fully saturated rings. The number of benzene rings is 6. The highest BCUT2D eigenvalue weighted by molar-refractivity contribution is 5.88. The molecule has 0 spiro atoms. The lowest BCUT2D eigenvalue weighted by Crippen LogP contribution is -2.28. The zero-order valence-electron chi connectivity index (χ0n) is 26.7. The summed E-state index contributed by atoms with van der Waals surface area (Å²) in [4.78, 5) is 4.92. The predicted molar refractivity (Wildman–Crippen MR) is 198 cm³/mol. The van der Waals surface area contributed by atoms with Gasteiger partial charge in [-0.2, -0.15) is 0 Å². The molecule has 0 bridgehead atoms. The van der Waals surface area contributed by atoms with Crippen molar-refractivity contribution < 1.29 is 0 Å². The van der Waals surface area contributed by atoms with E-state index < -0.39 is 0 Å². The van der Waals surface area contributed by atoms with Crippen LogP contribution in [0, 0.1) is 0 Å². The number of anilines is 5. The van der Waals surface area contributed by atoms with Crippen molar-refractivity contribution in [3.8, 4) is 22.3 Å². The lowest BCUT2D eigenvalue weighted by atomic mass is 9.82. The number of fused-ring (bicyclic) bond motifs is 6. The second-order valence-corrected chi connectivity index (χ2v) is 13.4. The van der Waals surface area contributed by atoms with E-state index in [2.05, 4.69) is 194 Å². The van der Waals surface area contributed by atoms with Crippen LogP contribution in [0.2, 0.25) is 0 Å². The highest BCUT2D eigenvalue weighted by atomic mass is 15.2. The van der Waals surface area contributed by atoms with Crippen LogP contribution in [-0.2, 0) is 5.41 Å². The first-order valence-electron chi connectivity index (χ1n) is 16.6. The molecule has 6 aromatic rings. The number of allylic oxidation sites excluding steroid dienone is 2. The first kappa shape index (κ1) is 27.7. The molecular formula is C45H36N2. The molecule has 1 heterocycles. The van der Waals surface area contributed by atoms with Gasteiger partial charge < -0.3 is 9.80 Å². The summed E-state index contributed by atoms with van der Waals surface area (Å²) in [6.45, 7) is 4.77. The van der Waals surface area contributed by atoms with E-state index >= 15 is 0 Å². The van der Waals surface area contributed by atoms with Crippen molar-refractivity contribution in [1.29, 1.82) is 0 Å². The fourth-order valence-corrected chi connectivity index (χ4v) is 8.05. The third kappa shape index (κ3) is 4.40. The van der Waals surface area contributed by atoms with Crippen LogP contribution in [0.4, 0.5) is 28.4 Å². The third-order valence-corrected chi connectivity index (χ3v) is 10.4. The molecule has 0 aromatic heterocycles. The van der Waals surface area contributed by atoms with Crippen molar-refractivity contribution in [3.05, 3.63) is 187 Å². The monoisotopic (exact) mass is 604 g/mol. The van der Waals surface area contributed by atoms with Gasteiger partial charge in [-0.25, -0.2) is 0 Å². The number of para-hydroxylation sites is 2. The topological polar surface area (TPSA) is 6.48 Å². The molecule has 1 aliphatic heterocycles. The molecule has 0 radical (unpaired) electrons. The summed E-state index contributed by atoms with van der Waals surface area (Å²) in [6, 6.07) is 53.6. The minimum Gasteiger partial charge on any atom is -0.333 e. The van der Waals surface area contributed by atoms with E-state index in [0.29, 0.717) is 12.0 Å². The van der Waals surface area contributed by atoms with Crippen LogP contribution in [0.3, 0.4) is 0 Å². The van der Waals surface area contributed by atoms with Gasteiger partial charge in [0.2, 0.25) is 0 Å². The molecule has 9 rings (SSSR count). The van der Waals surface area contributed by atoms with Crippen LogP contribution < -0.4 is 9.80 Å². The van der Waals surface area contributed by atoms with Gasteiger partial charge >= 0.3 is 0 Å². The van der Waals surface area contributed by atoms with Crippen molar-refractivity contribution in [1.82, 2.24) is 0 Å². The maximum Gasteiger partial charge on any atom is 0.0629 e. The Kier molecular flexibility index (Phi) is 6.33. The van der Waals surface area contributed by atoms with Crippen LogP contribution in [-0.4, -0.2) is 6.04 Å². The van der Waals surface area contributed by atoms with E-state index in [1.165, 1.54) is 56.0 Å². The van der Waals surface area contributed by atoms with Gasteiger partial charge in [0.15, 0.2) is 0 Å². The molecule has 0 saturated carbocycles. The molecule has 2 unspecified atom stereocenters. The Morgan fingerprint density at radius 2 is 1.13 bits per heavy atom. The molecule has 0 N–H and O–H groups in total. The fourth-order valence-electron chi connectivity index (χ4n) is 8.05. The van der Waals surface area contributed by atoms with Crippen LogP contribution in [0.1, 0.15) is 36.5 Å². The molecule has 226 valence electrons. The van der Waals surface area contributed by atoms with Gasteiger partial charge in [-0.15, -0.1) is 0 Å². The Labute approximate surface area is 277 Å².